The number of ether oxygens (including phenoxy) is 1. The van der Waals surface area contributed by atoms with Crippen molar-refractivity contribution < 1.29 is 30.7 Å². The zero-order valence-electron chi connectivity index (χ0n) is 14.1. The number of hydrogen-bond donors (Lipinski definition) is 2. The maximum atomic E-state index is 12.6. The number of alkyl halides is 3. The van der Waals surface area contributed by atoms with Crippen molar-refractivity contribution in [2.45, 2.75) is 25.1 Å². The van der Waals surface area contributed by atoms with E-state index in [1.807, 2.05) is 0 Å². The summed E-state index contributed by atoms with van der Waals surface area (Å²) in [6, 6.07) is 7.35. The largest absolute Gasteiger partial charge is 0.573 e. The Hall–Kier alpha value is -2.95. The Bertz CT molecular complexity index is 1050. The quantitative estimate of drug-likeness (QED) is 0.674. The first-order chi connectivity index (χ1) is 12.5. The van der Waals surface area contributed by atoms with Gasteiger partial charge in [0.25, 0.3) is 10.0 Å². The van der Waals surface area contributed by atoms with Crippen LogP contribution in [0.4, 0.5) is 18.9 Å². The Morgan fingerprint density at radius 3 is 2.37 bits per heavy atom. The van der Waals surface area contributed by atoms with Crippen LogP contribution in [0.25, 0.3) is 11.5 Å². The summed E-state index contributed by atoms with van der Waals surface area (Å²) in [6.45, 7) is 3.27. The molecule has 0 aliphatic heterocycles. The zero-order valence-corrected chi connectivity index (χ0v) is 14.9. The van der Waals surface area contributed by atoms with Crippen LogP contribution in [0.5, 0.6) is 5.75 Å². The fourth-order valence-electron chi connectivity index (χ4n) is 2.34. The highest BCUT2D eigenvalue weighted by Crippen LogP contribution is 2.29. The molecule has 0 aliphatic carbocycles. The molecular formula is C16H14F3N3O4S. The molecular weight excluding hydrogens is 387 g/mol. The summed E-state index contributed by atoms with van der Waals surface area (Å²) < 4.78 is 73.2. The summed E-state index contributed by atoms with van der Waals surface area (Å²) in [5.41, 5.74) is 1.30. The number of aryl methyl sites for hydroxylation is 2. The molecule has 3 aromatic rings. The van der Waals surface area contributed by atoms with Crippen molar-refractivity contribution in [2.24, 2.45) is 0 Å². The third-order valence-corrected chi connectivity index (χ3v) is 4.95. The fraction of sp³-hybridized carbons (Fsp3) is 0.188. The molecule has 2 aromatic heterocycles. The SMILES string of the molecule is Cc1cc(-c2cc(S(=O)(=O)Nc3ccc(OC(F)(F)F)cc3)c(C)o2)n[nH]1. The summed E-state index contributed by atoms with van der Waals surface area (Å²) in [5, 5.41) is 6.73. The van der Waals surface area contributed by atoms with Crippen LogP contribution < -0.4 is 9.46 Å². The number of nitrogens with zero attached hydrogens (tertiary/aromatic N) is 1. The molecule has 0 radical (unpaired) electrons. The van der Waals surface area contributed by atoms with E-state index >= 15 is 0 Å². The molecule has 0 unspecified atom stereocenters. The first-order valence-electron chi connectivity index (χ1n) is 7.55. The number of rotatable bonds is 5. The first-order valence-corrected chi connectivity index (χ1v) is 9.03. The first kappa shape index (κ1) is 18.8. The molecule has 0 spiro atoms. The van der Waals surface area contributed by atoms with Gasteiger partial charge in [0.2, 0.25) is 0 Å². The Kier molecular flexibility index (Phi) is 4.64. The van der Waals surface area contributed by atoms with E-state index in [-0.39, 0.29) is 22.1 Å². The standard InChI is InChI=1S/C16H14F3N3O4S/c1-9-7-13(21-20-9)14-8-15(10(2)25-14)27(23,24)22-11-3-5-12(6-4-11)26-16(17,18)19/h3-8,22H,1-2H3,(H,20,21). The second kappa shape index (κ2) is 6.65. The average molecular weight is 401 g/mol. The van der Waals surface area contributed by atoms with E-state index in [1.54, 1.807) is 13.0 Å². The topological polar surface area (TPSA) is 97.2 Å². The molecule has 144 valence electrons. The van der Waals surface area contributed by atoms with Crippen LogP contribution in [0.1, 0.15) is 11.5 Å². The van der Waals surface area contributed by atoms with Gasteiger partial charge in [0, 0.05) is 17.4 Å². The van der Waals surface area contributed by atoms with Crippen molar-refractivity contribution >= 4 is 15.7 Å². The van der Waals surface area contributed by atoms with Crippen LogP contribution in [0.2, 0.25) is 0 Å². The van der Waals surface area contributed by atoms with E-state index in [0.29, 0.717) is 5.69 Å². The molecule has 11 heteroatoms. The zero-order chi connectivity index (χ0) is 19.8. The van der Waals surface area contributed by atoms with Crippen molar-refractivity contribution in [1.29, 1.82) is 0 Å². The molecule has 0 bridgehead atoms. The number of nitrogens with one attached hydrogen (secondary N) is 2. The molecule has 2 N–H and O–H groups in total. The lowest BCUT2D eigenvalue weighted by Crippen LogP contribution is -2.17. The third-order valence-electron chi connectivity index (χ3n) is 3.46. The molecule has 2 heterocycles. The summed E-state index contributed by atoms with van der Waals surface area (Å²) in [4.78, 5) is -0.103. The summed E-state index contributed by atoms with van der Waals surface area (Å²) >= 11 is 0. The van der Waals surface area contributed by atoms with Crippen LogP contribution in [-0.4, -0.2) is 25.0 Å². The smallest absolute Gasteiger partial charge is 0.458 e. The van der Waals surface area contributed by atoms with Crippen molar-refractivity contribution in [2.75, 3.05) is 4.72 Å². The maximum absolute atomic E-state index is 12.6. The number of H-pyrrole nitrogens is 1. The van der Waals surface area contributed by atoms with Gasteiger partial charge in [-0.2, -0.15) is 5.10 Å². The molecule has 0 aliphatic rings. The number of aromatic nitrogens is 2. The lowest BCUT2D eigenvalue weighted by Gasteiger charge is -2.10. The maximum Gasteiger partial charge on any atom is 0.573 e. The molecule has 0 fully saturated rings. The van der Waals surface area contributed by atoms with Gasteiger partial charge < -0.3 is 9.15 Å². The van der Waals surface area contributed by atoms with Gasteiger partial charge in [-0.1, -0.05) is 0 Å². The van der Waals surface area contributed by atoms with Gasteiger partial charge in [-0.25, -0.2) is 8.42 Å². The predicted octanol–water partition coefficient (Wildman–Crippen LogP) is 3.99. The summed E-state index contributed by atoms with van der Waals surface area (Å²) in [6.07, 6.45) is -4.82. The van der Waals surface area contributed by atoms with E-state index in [4.69, 9.17) is 4.42 Å². The highest BCUT2D eigenvalue weighted by molar-refractivity contribution is 7.92. The lowest BCUT2D eigenvalue weighted by atomic mass is 10.3. The number of halogens is 3. The normalized spacial score (nSPS) is 12.2. The van der Waals surface area contributed by atoms with Crippen LogP contribution >= 0.6 is 0 Å². The number of sulfonamides is 1. The number of hydrogen-bond acceptors (Lipinski definition) is 5. The lowest BCUT2D eigenvalue weighted by molar-refractivity contribution is -0.274. The minimum Gasteiger partial charge on any atom is -0.458 e. The Balaban J connectivity index is 1.82. The minimum absolute atomic E-state index is 0.0716. The molecule has 0 saturated carbocycles. The van der Waals surface area contributed by atoms with Crippen LogP contribution in [0.15, 0.2) is 45.7 Å². The van der Waals surface area contributed by atoms with Gasteiger partial charge in [0.1, 0.15) is 22.1 Å². The minimum atomic E-state index is -4.82. The monoisotopic (exact) mass is 401 g/mol. The molecule has 7 nitrogen and oxygen atoms in total. The van der Waals surface area contributed by atoms with E-state index < -0.39 is 22.1 Å². The Morgan fingerprint density at radius 2 is 1.81 bits per heavy atom. The predicted molar refractivity (Wildman–Crippen MR) is 89.7 cm³/mol. The molecule has 0 atom stereocenters. The number of furan rings is 1. The van der Waals surface area contributed by atoms with Crippen LogP contribution in [0, 0.1) is 13.8 Å². The second-order valence-electron chi connectivity index (χ2n) is 5.64. The highest BCUT2D eigenvalue weighted by Gasteiger charge is 2.31. The Labute approximate surface area is 152 Å². The Morgan fingerprint density at radius 1 is 1.15 bits per heavy atom. The van der Waals surface area contributed by atoms with E-state index in [1.165, 1.54) is 13.0 Å². The van der Waals surface area contributed by atoms with Gasteiger partial charge in [0.15, 0.2) is 5.76 Å². The number of benzene rings is 1. The molecule has 0 saturated heterocycles. The van der Waals surface area contributed by atoms with Gasteiger partial charge in [-0.15, -0.1) is 13.2 Å². The fourth-order valence-corrected chi connectivity index (χ4v) is 3.58. The highest BCUT2D eigenvalue weighted by atomic mass is 32.2. The van der Waals surface area contributed by atoms with Crippen molar-refractivity contribution in [3.05, 3.63) is 47.9 Å². The second-order valence-corrected chi connectivity index (χ2v) is 7.30. The van der Waals surface area contributed by atoms with Crippen LogP contribution in [0.3, 0.4) is 0 Å². The number of aromatic amines is 1. The summed E-state index contributed by atoms with van der Waals surface area (Å²) in [7, 11) is -4.02. The van der Waals surface area contributed by atoms with Crippen LogP contribution in [-0.2, 0) is 10.0 Å². The van der Waals surface area contributed by atoms with E-state index in [2.05, 4.69) is 19.7 Å². The summed E-state index contributed by atoms with van der Waals surface area (Å²) in [5.74, 6) is -0.0394. The van der Waals surface area contributed by atoms with Crippen molar-refractivity contribution in [3.63, 3.8) is 0 Å². The van der Waals surface area contributed by atoms with Gasteiger partial charge in [-0.3, -0.25) is 9.82 Å². The molecule has 3 rings (SSSR count). The van der Waals surface area contributed by atoms with Gasteiger partial charge >= 0.3 is 6.36 Å². The van der Waals surface area contributed by atoms with Crippen molar-refractivity contribution in [3.8, 4) is 17.2 Å². The number of anilines is 1. The van der Waals surface area contributed by atoms with Gasteiger partial charge in [-0.05, 0) is 44.2 Å². The third kappa shape index (κ3) is 4.42. The van der Waals surface area contributed by atoms with Crippen molar-refractivity contribution in [1.82, 2.24) is 10.2 Å². The van der Waals surface area contributed by atoms with E-state index in [9.17, 15) is 21.6 Å². The average Bonchev–Trinajstić information content (AvgIpc) is 3.14. The van der Waals surface area contributed by atoms with Gasteiger partial charge in [0.05, 0.1) is 0 Å². The van der Waals surface area contributed by atoms with E-state index in [0.717, 1.165) is 30.0 Å². The molecule has 27 heavy (non-hydrogen) atoms. The molecule has 1 aromatic carbocycles. The molecule has 0 amide bonds.